The highest BCUT2D eigenvalue weighted by molar-refractivity contribution is 5.40. The van der Waals surface area contributed by atoms with Crippen LogP contribution in [0.25, 0.3) is 0 Å². The Kier molecular flexibility index (Phi) is 8.26. The number of aliphatic hydroxyl groups is 2. The van der Waals surface area contributed by atoms with Gasteiger partial charge >= 0.3 is 0 Å². The fourth-order valence-electron chi connectivity index (χ4n) is 5.88. The number of benzene rings is 1. The van der Waals surface area contributed by atoms with Gasteiger partial charge in [-0.05, 0) is 74.0 Å². The standard InChI is InChI=1S/C32H44O2/c1-22(17-18-26-24(3)14-11-19-31(26,4)5)12-10-13-23(2)20-30(34)28-21-29(33)25-15-8-9-16-27(25)32(28,6)7/h8-10,12-13,15-18,20,28-30,33-34H,11,14,19,21H2,1-7H3. The summed E-state index contributed by atoms with van der Waals surface area (Å²) < 4.78 is 0. The second-order valence-electron chi connectivity index (χ2n) is 11.6. The molecule has 0 saturated heterocycles. The lowest BCUT2D eigenvalue weighted by Gasteiger charge is -2.44. The lowest BCUT2D eigenvalue weighted by molar-refractivity contribution is 0.0350. The number of fused-ring (bicyclic) bond motifs is 1. The van der Waals surface area contributed by atoms with Crippen LogP contribution in [0, 0.1) is 11.3 Å². The van der Waals surface area contributed by atoms with E-state index in [1.807, 2.05) is 31.2 Å². The molecule has 0 bridgehead atoms. The lowest BCUT2D eigenvalue weighted by atomic mass is 9.62. The summed E-state index contributed by atoms with van der Waals surface area (Å²) in [6.45, 7) is 15.5. The Labute approximate surface area is 207 Å². The van der Waals surface area contributed by atoms with Crippen LogP contribution in [0.15, 0.2) is 83.0 Å². The van der Waals surface area contributed by atoms with Gasteiger partial charge in [0.1, 0.15) is 0 Å². The van der Waals surface area contributed by atoms with Crippen LogP contribution in [0.1, 0.15) is 91.4 Å². The molecule has 0 aliphatic heterocycles. The van der Waals surface area contributed by atoms with Gasteiger partial charge in [-0.2, -0.15) is 0 Å². The van der Waals surface area contributed by atoms with Crippen LogP contribution in [0.3, 0.4) is 0 Å². The minimum atomic E-state index is -0.615. The molecule has 1 aromatic carbocycles. The van der Waals surface area contributed by atoms with Crippen LogP contribution in [0.5, 0.6) is 0 Å². The van der Waals surface area contributed by atoms with E-state index >= 15 is 0 Å². The molecule has 0 amide bonds. The maximum absolute atomic E-state index is 11.1. The minimum absolute atomic E-state index is 0.0451. The van der Waals surface area contributed by atoms with E-state index < -0.39 is 12.2 Å². The van der Waals surface area contributed by atoms with Crippen LogP contribution in [-0.4, -0.2) is 16.3 Å². The molecular formula is C32H44O2. The van der Waals surface area contributed by atoms with Gasteiger partial charge < -0.3 is 10.2 Å². The summed E-state index contributed by atoms with van der Waals surface area (Å²) in [5.41, 5.74) is 7.40. The smallest absolute Gasteiger partial charge is 0.0797 e. The van der Waals surface area contributed by atoms with Crippen LogP contribution >= 0.6 is 0 Å². The lowest BCUT2D eigenvalue weighted by Crippen LogP contribution is -2.42. The first-order valence-corrected chi connectivity index (χ1v) is 12.8. The predicted molar refractivity (Wildman–Crippen MR) is 145 cm³/mol. The molecule has 2 aliphatic carbocycles. The van der Waals surface area contributed by atoms with Crippen LogP contribution in [-0.2, 0) is 5.41 Å². The van der Waals surface area contributed by atoms with Gasteiger partial charge in [-0.15, -0.1) is 0 Å². The first-order chi connectivity index (χ1) is 15.9. The van der Waals surface area contributed by atoms with Gasteiger partial charge in [-0.1, -0.05) is 105 Å². The molecule has 184 valence electrons. The summed E-state index contributed by atoms with van der Waals surface area (Å²) >= 11 is 0. The Bertz CT molecular complexity index is 1030. The third-order valence-electron chi connectivity index (χ3n) is 8.04. The first-order valence-electron chi connectivity index (χ1n) is 12.8. The van der Waals surface area contributed by atoms with Crippen molar-refractivity contribution in [1.29, 1.82) is 0 Å². The quantitative estimate of drug-likeness (QED) is 0.423. The summed E-state index contributed by atoms with van der Waals surface area (Å²) in [6, 6.07) is 8.08. The number of rotatable bonds is 6. The minimum Gasteiger partial charge on any atom is -0.389 e. The van der Waals surface area contributed by atoms with Crippen molar-refractivity contribution in [2.45, 2.75) is 91.8 Å². The molecule has 0 radical (unpaired) electrons. The molecular weight excluding hydrogens is 416 g/mol. The molecule has 3 atom stereocenters. The summed E-state index contributed by atoms with van der Waals surface area (Å²) in [5.74, 6) is -0.0451. The maximum atomic E-state index is 11.1. The average molecular weight is 461 g/mol. The largest absolute Gasteiger partial charge is 0.389 e. The SMILES string of the molecule is CC(C=CC1=C(C)CCCC1(C)C)=CC=CC(C)=CC(O)C1CC(O)c2ccccc2C1(C)C. The van der Waals surface area contributed by atoms with Gasteiger partial charge in [0.2, 0.25) is 0 Å². The molecule has 34 heavy (non-hydrogen) atoms. The monoisotopic (exact) mass is 460 g/mol. The Hall–Kier alpha value is -2.16. The van der Waals surface area contributed by atoms with Crippen LogP contribution in [0.4, 0.5) is 0 Å². The highest BCUT2D eigenvalue weighted by Crippen LogP contribution is 2.47. The molecule has 2 N–H and O–H groups in total. The normalized spacial score (nSPS) is 26.3. The Balaban J connectivity index is 1.69. The molecule has 0 saturated carbocycles. The molecule has 0 heterocycles. The van der Waals surface area contributed by atoms with Gasteiger partial charge in [0.05, 0.1) is 12.2 Å². The van der Waals surface area contributed by atoms with E-state index in [1.54, 1.807) is 0 Å². The van der Waals surface area contributed by atoms with Crippen LogP contribution < -0.4 is 0 Å². The number of aliphatic hydroxyl groups excluding tert-OH is 2. The molecule has 0 aromatic heterocycles. The van der Waals surface area contributed by atoms with E-state index in [1.165, 1.54) is 36.0 Å². The summed E-state index contributed by atoms with van der Waals surface area (Å²) in [5, 5.41) is 21.8. The maximum Gasteiger partial charge on any atom is 0.0797 e. The summed E-state index contributed by atoms with van der Waals surface area (Å²) in [6.07, 6.45) is 15.8. The van der Waals surface area contributed by atoms with Crippen molar-refractivity contribution >= 4 is 0 Å². The number of allylic oxidation sites excluding steroid dienone is 9. The Morgan fingerprint density at radius 2 is 1.76 bits per heavy atom. The Morgan fingerprint density at radius 3 is 2.47 bits per heavy atom. The van der Waals surface area contributed by atoms with E-state index in [4.69, 9.17) is 0 Å². The zero-order valence-electron chi connectivity index (χ0n) is 22.2. The van der Waals surface area contributed by atoms with Crippen molar-refractivity contribution in [3.05, 3.63) is 94.1 Å². The summed E-state index contributed by atoms with van der Waals surface area (Å²) in [4.78, 5) is 0. The first kappa shape index (κ1) is 26.4. The zero-order chi connectivity index (χ0) is 25.1. The average Bonchev–Trinajstić information content (AvgIpc) is 2.75. The van der Waals surface area contributed by atoms with Gasteiger partial charge in [-0.3, -0.25) is 0 Å². The molecule has 3 unspecified atom stereocenters. The second kappa shape index (κ2) is 10.6. The van der Waals surface area contributed by atoms with Crippen molar-refractivity contribution < 1.29 is 10.2 Å². The van der Waals surface area contributed by atoms with Crippen molar-refractivity contribution in [2.24, 2.45) is 11.3 Å². The zero-order valence-corrected chi connectivity index (χ0v) is 22.2. The molecule has 1 aromatic rings. The fourth-order valence-corrected chi connectivity index (χ4v) is 5.88. The van der Waals surface area contributed by atoms with E-state index in [0.29, 0.717) is 6.42 Å². The Morgan fingerprint density at radius 1 is 1.06 bits per heavy atom. The van der Waals surface area contributed by atoms with E-state index in [-0.39, 0.29) is 16.7 Å². The number of hydrogen-bond acceptors (Lipinski definition) is 2. The molecule has 2 heteroatoms. The van der Waals surface area contributed by atoms with Crippen molar-refractivity contribution in [2.75, 3.05) is 0 Å². The highest BCUT2D eigenvalue weighted by atomic mass is 16.3. The molecule has 2 nitrogen and oxygen atoms in total. The predicted octanol–water partition coefficient (Wildman–Crippen LogP) is 7.91. The van der Waals surface area contributed by atoms with Gasteiger partial charge in [0.25, 0.3) is 0 Å². The van der Waals surface area contributed by atoms with Gasteiger partial charge in [0, 0.05) is 5.92 Å². The van der Waals surface area contributed by atoms with Gasteiger partial charge in [-0.25, -0.2) is 0 Å². The van der Waals surface area contributed by atoms with Crippen molar-refractivity contribution in [1.82, 2.24) is 0 Å². The van der Waals surface area contributed by atoms with E-state index in [0.717, 1.165) is 16.7 Å². The third kappa shape index (κ3) is 5.90. The molecule has 0 fully saturated rings. The molecule has 2 aliphatic rings. The van der Waals surface area contributed by atoms with Crippen LogP contribution in [0.2, 0.25) is 0 Å². The fraction of sp³-hybridized carbons (Fsp3) is 0.500. The van der Waals surface area contributed by atoms with Crippen molar-refractivity contribution in [3.8, 4) is 0 Å². The number of hydrogen-bond donors (Lipinski definition) is 2. The second-order valence-corrected chi connectivity index (χ2v) is 11.6. The van der Waals surface area contributed by atoms with E-state index in [9.17, 15) is 10.2 Å². The topological polar surface area (TPSA) is 40.5 Å². The van der Waals surface area contributed by atoms with E-state index in [2.05, 4.69) is 78.0 Å². The van der Waals surface area contributed by atoms with Crippen molar-refractivity contribution in [3.63, 3.8) is 0 Å². The molecule has 0 spiro atoms. The third-order valence-corrected chi connectivity index (χ3v) is 8.04. The molecule has 3 rings (SSSR count). The summed E-state index contributed by atoms with van der Waals surface area (Å²) in [7, 11) is 0. The van der Waals surface area contributed by atoms with Gasteiger partial charge in [0.15, 0.2) is 0 Å². The highest BCUT2D eigenvalue weighted by Gasteiger charge is 2.42.